The summed E-state index contributed by atoms with van der Waals surface area (Å²) >= 11 is 0. The maximum atomic E-state index is 14.0. The van der Waals surface area contributed by atoms with Gasteiger partial charge in [-0.3, -0.25) is 4.79 Å². The van der Waals surface area contributed by atoms with Crippen molar-refractivity contribution in [2.45, 2.75) is 12.0 Å². The number of benzene rings is 1. The lowest BCUT2D eigenvalue weighted by Crippen LogP contribution is -2.47. The molecule has 1 aromatic carbocycles. The van der Waals surface area contributed by atoms with E-state index in [0.717, 1.165) is 0 Å². The third kappa shape index (κ3) is 2.55. The fraction of sp³-hybridized carbons (Fsp3) is 0.333. The highest BCUT2D eigenvalue weighted by Gasteiger charge is 2.41. The lowest BCUT2D eigenvalue weighted by Gasteiger charge is -2.26. The Bertz CT molecular complexity index is 667. The molecule has 1 aromatic heterocycles. The van der Waals surface area contributed by atoms with Crippen molar-refractivity contribution in [1.29, 1.82) is 0 Å². The van der Waals surface area contributed by atoms with Crippen LogP contribution in [0.3, 0.4) is 0 Å². The number of carbonyl (C=O) groups excluding carboxylic acids is 1. The molecule has 22 heavy (non-hydrogen) atoms. The van der Waals surface area contributed by atoms with Gasteiger partial charge in [-0.05, 0) is 12.1 Å². The van der Waals surface area contributed by atoms with E-state index in [1.807, 2.05) is 0 Å². The number of nitrogens with one attached hydrogen (secondary N) is 2. The van der Waals surface area contributed by atoms with Gasteiger partial charge in [0.05, 0.1) is 19.3 Å². The molecular formula is C15H16FN3O3. The van der Waals surface area contributed by atoms with Gasteiger partial charge in [-0.25, -0.2) is 9.37 Å². The number of halogens is 1. The molecule has 1 amide bonds. The normalized spacial score (nSPS) is 20.8. The van der Waals surface area contributed by atoms with Gasteiger partial charge in [0, 0.05) is 31.5 Å². The second-order valence-corrected chi connectivity index (χ2v) is 5.12. The first kappa shape index (κ1) is 14.5. The molecule has 1 aliphatic heterocycles. The molecule has 1 unspecified atom stereocenters. The number of aromatic amines is 1. The van der Waals surface area contributed by atoms with Crippen LogP contribution in [0, 0.1) is 5.82 Å². The minimum atomic E-state index is -0.757. The molecule has 0 aliphatic carbocycles. The largest absolute Gasteiger partial charge is 0.497 e. The van der Waals surface area contributed by atoms with E-state index in [2.05, 4.69) is 15.3 Å². The zero-order chi connectivity index (χ0) is 15.6. The summed E-state index contributed by atoms with van der Waals surface area (Å²) in [5.41, 5.74) is -0.800. The Morgan fingerprint density at radius 1 is 1.55 bits per heavy atom. The summed E-state index contributed by atoms with van der Waals surface area (Å²) in [7, 11) is 1.44. The predicted molar refractivity (Wildman–Crippen MR) is 76.1 cm³/mol. The summed E-state index contributed by atoms with van der Waals surface area (Å²) in [4.78, 5) is 19.6. The number of ether oxygens (including phenoxy) is 2. The van der Waals surface area contributed by atoms with Crippen molar-refractivity contribution >= 4 is 5.91 Å². The minimum absolute atomic E-state index is 0.0429. The highest BCUT2D eigenvalue weighted by Crippen LogP contribution is 2.29. The summed E-state index contributed by atoms with van der Waals surface area (Å²) in [5, 5.41) is 2.85. The molecule has 1 atom stereocenters. The number of nitrogens with zero attached hydrogens (tertiary/aromatic N) is 1. The summed E-state index contributed by atoms with van der Waals surface area (Å²) in [6, 6.07) is 4.12. The van der Waals surface area contributed by atoms with Gasteiger partial charge in [0.15, 0.2) is 0 Å². The maximum absolute atomic E-state index is 14.0. The van der Waals surface area contributed by atoms with Crippen LogP contribution in [0.2, 0.25) is 0 Å². The third-order valence-corrected chi connectivity index (χ3v) is 3.75. The van der Waals surface area contributed by atoms with Gasteiger partial charge in [0.1, 0.15) is 22.9 Å². The van der Waals surface area contributed by atoms with E-state index in [0.29, 0.717) is 31.2 Å². The zero-order valence-corrected chi connectivity index (χ0v) is 12.1. The molecule has 1 saturated heterocycles. The number of hydrogen-bond donors (Lipinski definition) is 2. The summed E-state index contributed by atoms with van der Waals surface area (Å²) in [5.74, 6) is -0.182. The molecule has 3 rings (SSSR count). The molecule has 2 aromatic rings. The topological polar surface area (TPSA) is 76.2 Å². The van der Waals surface area contributed by atoms with Crippen LogP contribution in [-0.2, 0) is 10.3 Å². The van der Waals surface area contributed by atoms with Crippen molar-refractivity contribution in [1.82, 2.24) is 15.3 Å². The number of aromatic nitrogens is 2. The Morgan fingerprint density at radius 3 is 3.00 bits per heavy atom. The van der Waals surface area contributed by atoms with Crippen molar-refractivity contribution in [2.24, 2.45) is 0 Å². The van der Waals surface area contributed by atoms with E-state index in [1.165, 1.54) is 19.2 Å². The quantitative estimate of drug-likeness (QED) is 0.899. The van der Waals surface area contributed by atoms with Crippen molar-refractivity contribution < 1.29 is 18.7 Å². The molecule has 6 nitrogen and oxygen atoms in total. The first-order chi connectivity index (χ1) is 10.6. The van der Waals surface area contributed by atoms with Gasteiger partial charge in [-0.1, -0.05) is 0 Å². The van der Waals surface area contributed by atoms with Crippen LogP contribution in [0.15, 0.2) is 30.6 Å². The number of methoxy groups -OCH3 is 1. The summed E-state index contributed by atoms with van der Waals surface area (Å²) in [6.07, 6.45) is 3.86. The molecular weight excluding hydrogens is 289 g/mol. The van der Waals surface area contributed by atoms with Crippen LogP contribution in [0.1, 0.15) is 22.6 Å². The Hall–Kier alpha value is -2.41. The number of amides is 1. The SMILES string of the molecule is COc1ccc(C(=O)NC2(c3ncc[nH]3)CCOC2)c(F)c1. The van der Waals surface area contributed by atoms with E-state index in [9.17, 15) is 9.18 Å². The number of imidazole rings is 1. The second kappa shape index (κ2) is 5.76. The molecule has 1 aliphatic rings. The average Bonchev–Trinajstić information content (AvgIpc) is 3.18. The van der Waals surface area contributed by atoms with Gasteiger partial charge in [0.2, 0.25) is 0 Å². The second-order valence-electron chi connectivity index (χ2n) is 5.12. The van der Waals surface area contributed by atoms with Crippen LogP contribution in [0.25, 0.3) is 0 Å². The Labute approximate surface area is 126 Å². The summed E-state index contributed by atoms with van der Waals surface area (Å²) in [6.45, 7) is 0.802. The van der Waals surface area contributed by atoms with Crippen LogP contribution in [-0.4, -0.2) is 36.2 Å². The van der Waals surface area contributed by atoms with Crippen LogP contribution >= 0.6 is 0 Å². The Balaban J connectivity index is 1.86. The van der Waals surface area contributed by atoms with Gasteiger partial charge in [0.25, 0.3) is 5.91 Å². The molecule has 0 spiro atoms. The average molecular weight is 305 g/mol. The van der Waals surface area contributed by atoms with Crippen molar-refractivity contribution in [3.8, 4) is 5.75 Å². The smallest absolute Gasteiger partial charge is 0.255 e. The van der Waals surface area contributed by atoms with Crippen molar-refractivity contribution in [3.05, 3.63) is 47.8 Å². The van der Waals surface area contributed by atoms with Gasteiger partial charge >= 0.3 is 0 Å². The van der Waals surface area contributed by atoms with E-state index >= 15 is 0 Å². The maximum Gasteiger partial charge on any atom is 0.255 e. The van der Waals surface area contributed by atoms with Crippen molar-refractivity contribution in [3.63, 3.8) is 0 Å². The van der Waals surface area contributed by atoms with Crippen LogP contribution in [0.4, 0.5) is 4.39 Å². The number of H-pyrrole nitrogens is 1. The number of rotatable bonds is 4. The third-order valence-electron chi connectivity index (χ3n) is 3.75. The first-order valence-electron chi connectivity index (χ1n) is 6.88. The molecule has 0 radical (unpaired) electrons. The van der Waals surface area contributed by atoms with E-state index in [4.69, 9.17) is 9.47 Å². The summed E-state index contributed by atoms with van der Waals surface area (Å²) < 4.78 is 24.4. The molecule has 7 heteroatoms. The zero-order valence-electron chi connectivity index (χ0n) is 12.1. The molecule has 2 N–H and O–H groups in total. The highest BCUT2D eigenvalue weighted by atomic mass is 19.1. The molecule has 0 saturated carbocycles. The first-order valence-corrected chi connectivity index (χ1v) is 6.88. The van der Waals surface area contributed by atoms with Crippen LogP contribution in [0.5, 0.6) is 5.75 Å². The monoisotopic (exact) mass is 305 g/mol. The Morgan fingerprint density at radius 2 is 2.41 bits per heavy atom. The lowest BCUT2D eigenvalue weighted by atomic mass is 9.97. The Kier molecular flexibility index (Phi) is 3.81. The number of hydrogen-bond acceptors (Lipinski definition) is 4. The van der Waals surface area contributed by atoms with Crippen LogP contribution < -0.4 is 10.1 Å². The van der Waals surface area contributed by atoms with Crippen molar-refractivity contribution in [2.75, 3.05) is 20.3 Å². The highest BCUT2D eigenvalue weighted by molar-refractivity contribution is 5.95. The lowest BCUT2D eigenvalue weighted by molar-refractivity contribution is 0.0865. The van der Waals surface area contributed by atoms with Gasteiger partial charge in [-0.15, -0.1) is 0 Å². The van der Waals surface area contributed by atoms with E-state index in [1.54, 1.807) is 18.5 Å². The van der Waals surface area contributed by atoms with Gasteiger partial charge in [-0.2, -0.15) is 0 Å². The fourth-order valence-corrected chi connectivity index (χ4v) is 2.53. The number of carbonyl (C=O) groups is 1. The van der Waals surface area contributed by atoms with E-state index < -0.39 is 17.3 Å². The predicted octanol–water partition coefficient (Wildman–Crippen LogP) is 1.60. The van der Waals surface area contributed by atoms with Gasteiger partial charge < -0.3 is 19.8 Å². The van der Waals surface area contributed by atoms with E-state index in [-0.39, 0.29) is 5.56 Å². The molecule has 2 heterocycles. The molecule has 1 fully saturated rings. The standard InChI is InChI=1S/C15H16FN3O3/c1-21-10-2-3-11(12(16)8-10)13(20)19-15(4-7-22-9-15)14-17-5-6-18-14/h2-3,5-6,8H,4,7,9H2,1H3,(H,17,18)(H,19,20). The fourth-order valence-electron chi connectivity index (χ4n) is 2.53. The molecule has 0 bridgehead atoms. The minimum Gasteiger partial charge on any atom is -0.497 e. The molecule has 116 valence electrons.